The van der Waals surface area contributed by atoms with Gasteiger partial charge in [0.15, 0.2) is 6.04 Å². The molecule has 0 heterocycles. The number of carboxylic acids is 1. The molecule has 0 bridgehead atoms. The van der Waals surface area contributed by atoms with E-state index in [0.29, 0.717) is 0 Å². The number of carbonyl (C=O) groups excluding carboxylic acids is 3. The molecule has 0 aliphatic carbocycles. The smallest absolute Gasteiger partial charge is 0.328 e. The lowest BCUT2D eigenvalue weighted by Gasteiger charge is -2.21. The third-order valence-electron chi connectivity index (χ3n) is 2.84. The number of carboxylic acid groups (broad SMARTS) is 1. The number of nitrogens with two attached hydrogens (primary N) is 1. The summed E-state index contributed by atoms with van der Waals surface area (Å²) < 4.78 is 0. The second-order valence-electron chi connectivity index (χ2n) is 4.87. The lowest BCUT2D eigenvalue weighted by atomic mass is 10.1. The monoisotopic (exact) mass is 366 g/mol. The third kappa shape index (κ3) is 7.59. The van der Waals surface area contributed by atoms with E-state index in [0.717, 1.165) is 6.92 Å². The molecule has 0 aromatic carbocycles. The maximum absolute atomic E-state index is 11.8. The molecule has 0 aromatic rings. The first-order valence-corrected chi connectivity index (χ1v) is 7.52. The van der Waals surface area contributed by atoms with Crippen LogP contribution in [0.1, 0.15) is 6.92 Å². The quantitative estimate of drug-likeness (QED) is 0.178. The first-order valence-electron chi connectivity index (χ1n) is 6.89. The van der Waals surface area contributed by atoms with E-state index >= 15 is 0 Å². The molecular formula is C12H22N4O7S. The molecule has 0 rings (SSSR count). The molecule has 8 N–H and O–H groups in total. The van der Waals surface area contributed by atoms with Gasteiger partial charge in [-0.1, -0.05) is 0 Å². The molecule has 0 aliphatic rings. The molecule has 0 fully saturated rings. The molecule has 0 aliphatic heterocycles. The largest absolute Gasteiger partial charge is 0.480 e. The van der Waals surface area contributed by atoms with Crippen LogP contribution in [0.3, 0.4) is 0 Å². The van der Waals surface area contributed by atoms with Crippen molar-refractivity contribution in [1.29, 1.82) is 0 Å². The predicted octanol–water partition coefficient (Wildman–Crippen LogP) is -4.21. The summed E-state index contributed by atoms with van der Waals surface area (Å²) in [7, 11) is 0. The second kappa shape index (κ2) is 10.8. The number of hydrogen-bond acceptors (Lipinski definition) is 8. The standard InChI is InChI=1S/C12H22N4O7S/c1-5(18)9(12(22)23)16-11(21)7(3-17)15-8(19)2-14-10(20)6(13)4-24/h5-7,9,17-18,24H,2-4,13H2,1H3,(H,14,20)(H,15,19)(H,16,21)(H,22,23). The van der Waals surface area contributed by atoms with E-state index in [1.807, 2.05) is 5.32 Å². The number of hydrogen-bond donors (Lipinski definition) is 8. The van der Waals surface area contributed by atoms with Crippen molar-refractivity contribution in [3.8, 4) is 0 Å². The van der Waals surface area contributed by atoms with E-state index in [1.165, 1.54) is 0 Å². The Bertz CT molecular complexity index is 474. The van der Waals surface area contributed by atoms with Gasteiger partial charge in [-0.2, -0.15) is 12.6 Å². The molecule has 0 spiro atoms. The summed E-state index contributed by atoms with van der Waals surface area (Å²) in [5.74, 6) is -3.82. The average molecular weight is 366 g/mol. The van der Waals surface area contributed by atoms with Gasteiger partial charge in [-0.3, -0.25) is 14.4 Å². The summed E-state index contributed by atoms with van der Waals surface area (Å²) in [5.41, 5.74) is 5.39. The van der Waals surface area contributed by atoms with Crippen molar-refractivity contribution in [3.05, 3.63) is 0 Å². The minimum absolute atomic E-state index is 0.0744. The van der Waals surface area contributed by atoms with Crippen LogP contribution in [-0.4, -0.2) is 82.1 Å². The third-order valence-corrected chi connectivity index (χ3v) is 3.23. The zero-order valence-corrected chi connectivity index (χ0v) is 13.8. The second-order valence-corrected chi connectivity index (χ2v) is 5.24. The number of aliphatic carboxylic acids is 1. The summed E-state index contributed by atoms with van der Waals surface area (Å²) in [6.45, 7) is -0.150. The Balaban J connectivity index is 4.58. The van der Waals surface area contributed by atoms with E-state index in [1.54, 1.807) is 0 Å². The van der Waals surface area contributed by atoms with Gasteiger partial charge in [0.25, 0.3) is 0 Å². The van der Waals surface area contributed by atoms with Gasteiger partial charge in [0.1, 0.15) is 6.04 Å². The van der Waals surface area contributed by atoms with Crippen LogP contribution >= 0.6 is 12.6 Å². The number of rotatable bonds is 10. The highest BCUT2D eigenvalue weighted by molar-refractivity contribution is 7.80. The Kier molecular flexibility index (Phi) is 9.95. The van der Waals surface area contributed by atoms with Gasteiger partial charge in [-0.15, -0.1) is 0 Å². The van der Waals surface area contributed by atoms with Gasteiger partial charge in [0.2, 0.25) is 17.7 Å². The first kappa shape index (κ1) is 22.1. The lowest BCUT2D eigenvalue weighted by molar-refractivity contribution is -0.145. The van der Waals surface area contributed by atoms with Gasteiger partial charge in [-0.25, -0.2) is 4.79 Å². The predicted molar refractivity (Wildman–Crippen MR) is 85.1 cm³/mol. The van der Waals surface area contributed by atoms with Crippen molar-refractivity contribution in [2.75, 3.05) is 18.9 Å². The molecule has 24 heavy (non-hydrogen) atoms. The summed E-state index contributed by atoms with van der Waals surface area (Å²) >= 11 is 3.82. The number of thiol groups is 1. The van der Waals surface area contributed by atoms with E-state index in [9.17, 15) is 24.3 Å². The number of nitrogens with one attached hydrogen (secondary N) is 3. The molecule has 0 aromatic heterocycles. The van der Waals surface area contributed by atoms with Crippen LogP contribution in [0.4, 0.5) is 0 Å². The van der Waals surface area contributed by atoms with Gasteiger partial charge in [0.05, 0.1) is 25.3 Å². The molecule has 0 saturated carbocycles. The Morgan fingerprint density at radius 2 is 1.75 bits per heavy atom. The van der Waals surface area contributed by atoms with Crippen molar-refractivity contribution in [1.82, 2.24) is 16.0 Å². The molecule has 138 valence electrons. The molecule has 3 amide bonds. The van der Waals surface area contributed by atoms with Crippen LogP contribution in [-0.2, 0) is 19.2 Å². The maximum Gasteiger partial charge on any atom is 0.328 e. The normalized spacial score (nSPS) is 15.5. The minimum atomic E-state index is -1.60. The van der Waals surface area contributed by atoms with Crippen LogP contribution in [0.15, 0.2) is 0 Å². The van der Waals surface area contributed by atoms with Crippen LogP contribution < -0.4 is 21.7 Å². The van der Waals surface area contributed by atoms with Crippen LogP contribution in [0.5, 0.6) is 0 Å². The molecule has 0 radical (unpaired) electrons. The highest BCUT2D eigenvalue weighted by Gasteiger charge is 2.29. The Morgan fingerprint density at radius 3 is 2.17 bits per heavy atom. The number of aliphatic hydroxyl groups excluding tert-OH is 2. The summed E-state index contributed by atoms with van der Waals surface area (Å²) in [6, 6.07) is -3.95. The van der Waals surface area contributed by atoms with Crippen molar-refractivity contribution >= 4 is 36.3 Å². The molecule has 0 saturated heterocycles. The summed E-state index contributed by atoms with van der Waals surface area (Å²) in [6.07, 6.45) is -1.39. The van der Waals surface area contributed by atoms with E-state index in [4.69, 9.17) is 15.9 Å². The van der Waals surface area contributed by atoms with E-state index in [-0.39, 0.29) is 5.75 Å². The highest BCUT2D eigenvalue weighted by atomic mass is 32.1. The van der Waals surface area contributed by atoms with E-state index < -0.39 is 61.1 Å². The maximum atomic E-state index is 11.8. The van der Waals surface area contributed by atoms with Crippen LogP contribution in [0.2, 0.25) is 0 Å². The SMILES string of the molecule is CC(O)C(NC(=O)C(CO)NC(=O)CNC(=O)C(N)CS)C(=O)O. The van der Waals surface area contributed by atoms with Crippen molar-refractivity contribution in [2.24, 2.45) is 5.73 Å². The van der Waals surface area contributed by atoms with Gasteiger partial charge in [-0.05, 0) is 6.92 Å². The Labute approximate surface area is 143 Å². The average Bonchev–Trinajstić information content (AvgIpc) is 2.53. The fourth-order valence-electron chi connectivity index (χ4n) is 1.46. The molecule has 4 atom stereocenters. The highest BCUT2D eigenvalue weighted by Crippen LogP contribution is 1.95. The van der Waals surface area contributed by atoms with Crippen LogP contribution in [0.25, 0.3) is 0 Å². The zero-order chi connectivity index (χ0) is 18.9. The first-order chi connectivity index (χ1) is 11.1. The fourth-order valence-corrected chi connectivity index (χ4v) is 1.63. The lowest BCUT2D eigenvalue weighted by Crippen LogP contribution is -2.57. The topological polar surface area (TPSA) is 191 Å². The van der Waals surface area contributed by atoms with E-state index in [2.05, 4.69) is 23.3 Å². The minimum Gasteiger partial charge on any atom is -0.480 e. The summed E-state index contributed by atoms with van der Waals surface area (Å²) in [4.78, 5) is 45.8. The Hall–Kier alpha value is -1.89. The Morgan fingerprint density at radius 1 is 1.17 bits per heavy atom. The molecule has 11 nitrogen and oxygen atoms in total. The van der Waals surface area contributed by atoms with Crippen molar-refractivity contribution < 1.29 is 34.5 Å². The van der Waals surface area contributed by atoms with Gasteiger partial charge >= 0.3 is 5.97 Å². The number of carbonyl (C=O) groups is 4. The number of aliphatic hydroxyl groups is 2. The van der Waals surface area contributed by atoms with Gasteiger partial charge in [0, 0.05) is 5.75 Å². The van der Waals surface area contributed by atoms with Crippen molar-refractivity contribution in [3.63, 3.8) is 0 Å². The molecular weight excluding hydrogens is 344 g/mol. The molecule has 12 heteroatoms. The van der Waals surface area contributed by atoms with Crippen LogP contribution in [0, 0.1) is 0 Å². The van der Waals surface area contributed by atoms with Gasteiger partial charge < -0.3 is 37.0 Å². The fraction of sp³-hybridized carbons (Fsp3) is 0.667. The summed E-state index contributed by atoms with van der Waals surface area (Å²) in [5, 5.41) is 33.6. The number of amides is 3. The zero-order valence-electron chi connectivity index (χ0n) is 12.9. The van der Waals surface area contributed by atoms with Crippen molar-refractivity contribution in [2.45, 2.75) is 31.2 Å². The molecule has 4 unspecified atom stereocenters.